The van der Waals surface area contributed by atoms with Crippen molar-refractivity contribution >= 4 is 11.8 Å². The van der Waals surface area contributed by atoms with Gasteiger partial charge in [-0.25, -0.2) is 0 Å². The van der Waals surface area contributed by atoms with Gasteiger partial charge in [-0.3, -0.25) is 9.59 Å². The zero-order valence-corrected chi connectivity index (χ0v) is 10.0. The van der Waals surface area contributed by atoms with Crippen molar-refractivity contribution in [2.45, 2.75) is 25.3 Å². The Balaban J connectivity index is 1.55. The molecule has 0 radical (unpaired) electrons. The van der Waals surface area contributed by atoms with Crippen LogP contribution in [0.25, 0.3) is 0 Å². The topological polar surface area (TPSA) is 52.7 Å². The van der Waals surface area contributed by atoms with Gasteiger partial charge in [0.2, 0.25) is 11.8 Å². The SMILES string of the molecule is O=C1CCCN1CC(=O)N1C[C@@H]2CCN[C@@H]2C1. The van der Waals surface area contributed by atoms with Gasteiger partial charge in [0, 0.05) is 32.1 Å². The lowest BCUT2D eigenvalue weighted by Crippen LogP contribution is -2.41. The van der Waals surface area contributed by atoms with Crippen molar-refractivity contribution in [2.75, 3.05) is 32.7 Å². The van der Waals surface area contributed by atoms with Crippen molar-refractivity contribution in [1.29, 1.82) is 0 Å². The van der Waals surface area contributed by atoms with Gasteiger partial charge >= 0.3 is 0 Å². The second-order valence-electron chi connectivity index (χ2n) is 5.33. The molecule has 0 unspecified atom stereocenters. The molecule has 2 atom stereocenters. The number of rotatable bonds is 2. The molecule has 3 aliphatic rings. The normalized spacial score (nSPS) is 32.4. The minimum atomic E-state index is 0.122. The van der Waals surface area contributed by atoms with Crippen molar-refractivity contribution in [3.05, 3.63) is 0 Å². The van der Waals surface area contributed by atoms with Gasteiger partial charge < -0.3 is 15.1 Å². The molecule has 0 aromatic heterocycles. The van der Waals surface area contributed by atoms with Crippen molar-refractivity contribution in [1.82, 2.24) is 15.1 Å². The molecule has 0 aromatic rings. The summed E-state index contributed by atoms with van der Waals surface area (Å²) in [6.07, 6.45) is 2.69. The maximum Gasteiger partial charge on any atom is 0.242 e. The third kappa shape index (κ3) is 2.04. The van der Waals surface area contributed by atoms with Gasteiger partial charge in [-0.2, -0.15) is 0 Å². The second kappa shape index (κ2) is 4.29. The first kappa shape index (κ1) is 11.0. The van der Waals surface area contributed by atoms with E-state index in [9.17, 15) is 9.59 Å². The Hall–Kier alpha value is -1.10. The lowest BCUT2D eigenvalue weighted by molar-refractivity contribution is -0.137. The zero-order chi connectivity index (χ0) is 11.8. The quantitative estimate of drug-likeness (QED) is 0.700. The highest BCUT2D eigenvalue weighted by atomic mass is 16.2. The molecule has 5 nitrogen and oxygen atoms in total. The van der Waals surface area contributed by atoms with Gasteiger partial charge in [-0.1, -0.05) is 0 Å². The fraction of sp³-hybridized carbons (Fsp3) is 0.833. The number of nitrogens with zero attached hydrogens (tertiary/aromatic N) is 2. The molecule has 17 heavy (non-hydrogen) atoms. The Morgan fingerprint density at radius 1 is 1.41 bits per heavy atom. The Labute approximate surface area is 101 Å². The highest BCUT2D eigenvalue weighted by Crippen LogP contribution is 2.24. The van der Waals surface area contributed by atoms with E-state index in [1.54, 1.807) is 4.90 Å². The average molecular weight is 237 g/mol. The molecule has 3 saturated heterocycles. The van der Waals surface area contributed by atoms with Crippen molar-refractivity contribution in [3.63, 3.8) is 0 Å². The first-order chi connectivity index (χ1) is 8.24. The molecule has 3 fully saturated rings. The van der Waals surface area contributed by atoms with Gasteiger partial charge in [-0.05, 0) is 25.3 Å². The molecule has 0 bridgehead atoms. The Morgan fingerprint density at radius 2 is 2.29 bits per heavy atom. The second-order valence-corrected chi connectivity index (χ2v) is 5.33. The van der Waals surface area contributed by atoms with Gasteiger partial charge in [0.25, 0.3) is 0 Å². The number of fused-ring (bicyclic) bond motifs is 1. The van der Waals surface area contributed by atoms with Crippen LogP contribution in [-0.4, -0.2) is 60.4 Å². The van der Waals surface area contributed by atoms with Gasteiger partial charge in [0.05, 0.1) is 6.54 Å². The van der Waals surface area contributed by atoms with Crippen molar-refractivity contribution in [3.8, 4) is 0 Å². The van der Waals surface area contributed by atoms with Gasteiger partial charge in [0.1, 0.15) is 0 Å². The first-order valence-electron chi connectivity index (χ1n) is 6.53. The highest BCUT2D eigenvalue weighted by molar-refractivity contribution is 5.86. The number of amides is 2. The molecule has 94 valence electrons. The highest BCUT2D eigenvalue weighted by Gasteiger charge is 2.38. The molecule has 0 aliphatic carbocycles. The monoisotopic (exact) mass is 237 g/mol. The summed E-state index contributed by atoms with van der Waals surface area (Å²) in [5.74, 6) is 0.889. The molecule has 0 saturated carbocycles. The van der Waals surface area contributed by atoms with E-state index < -0.39 is 0 Å². The van der Waals surface area contributed by atoms with E-state index >= 15 is 0 Å². The van der Waals surface area contributed by atoms with Crippen LogP contribution in [0.15, 0.2) is 0 Å². The average Bonchev–Trinajstić information content (AvgIpc) is 2.93. The third-order valence-electron chi connectivity index (χ3n) is 4.21. The van der Waals surface area contributed by atoms with E-state index in [1.165, 1.54) is 6.42 Å². The number of hydrogen-bond acceptors (Lipinski definition) is 3. The fourth-order valence-electron chi connectivity index (χ4n) is 3.19. The third-order valence-corrected chi connectivity index (χ3v) is 4.21. The molecular formula is C12H19N3O2. The largest absolute Gasteiger partial charge is 0.339 e. The Morgan fingerprint density at radius 3 is 3.00 bits per heavy atom. The molecule has 1 N–H and O–H groups in total. The van der Waals surface area contributed by atoms with E-state index in [0.717, 1.165) is 32.6 Å². The number of nitrogens with one attached hydrogen (secondary N) is 1. The summed E-state index contributed by atoms with van der Waals surface area (Å²) in [6.45, 7) is 3.83. The predicted octanol–water partition coefficient (Wildman–Crippen LogP) is -0.571. The minimum Gasteiger partial charge on any atom is -0.339 e. The first-order valence-corrected chi connectivity index (χ1v) is 6.53. The van der Waals surface area contributed by atoms with Crippen LogP contribution < -0.4 is 5.32 Å². The van der Waals surface area contributed by atoms with Gasteiger partial charge in [-0.15, -0.1) is 0 Å². The van der Waals surface area contributed by atoms with Crippen LogP contribution in [0.3, 0.4) is 0 Å². The smallest absolute Gasteiger partial charge is 0.242 e. The van der Waals surface area contributed by atoms with E-state index in [0.29, 0.717) is 18.4 Å². The number of carbonyl (C=O) groups excluding carboxylic acids is 2. The maximum atomic E-state index is 12.1. The summed E-state index contributed by atoms with van der Waals surface area (Å²) in [5.41, 5.74) is 0. The van der Waals surface area contributed by atoms with E-state index in [2.05, 4.69) is 5.32 Å². The molecule has 5 heteroatoms. The molecule has 2 amide bonds. The fourth-order valence-corrected chi connectivity index (χ4v) is 3.19. The van der Waals surface area contributed by atoms with Crippen molar-refractivity contribution in [2.24, 2.45) is 5.92 Å². The van der Waals surface area contributed by atoms with Crippen LogP contribution in [-0.2, 0) is 9.59 Å². The van der Waals surface area contributed by atoms with E-state index in [4.69, 9.17) is 0 Å². The Bertz CT molecular complexity index is 333. The number of hydrogen-bond donors (Lipinski definition) is 1. The van der Waals surface area contributed by atoms with Crippen LogP contribution in [0, 0.1) is 5.92 Å². The maximum absolute atomic E-state index is 12.1. The summed E-state index contributed by atoms with van der Waals surface area (Å²) in [7, 11) is 0. The lowest BCUT2D eigenvalue weighted by atomic mass is 10.1. The molecule has 0 spiro atoms. The summed E-state index contributed by atoms with van der Waals surface area (Å²) in [6, 6.07) is 0.494. The zero-order valence-electron chi connectivity index (χ0n) is 10.0. The minimum absolute atomic E-state index is 0.122. The van der Waals surface area contributed by atoms with Crippen LogP contribution in [0.5, 0.6) is 0 Å². The molecule has 3 heterocycles. The molecule has 3 aliphatic heterocycles. The van der Waals surface area contributed by atoms with E-state index in [-0.39, 0.29) is 18.4 Å². The van der Waals surface area contributed by atoms with Crippen molar-refractivity contribution < 1.29 is 9.59 Å². The summed E-state index contributed by atoms with van der Waals surface area (Å²) < 4.78 is 0. The predicted molar refractivity (Wildman–Crippen MR) is 62.3 cm³/mol. The van der Waals surface area contributed by atoms with Crippen LogP contribution >= 0.6 is 0 Å². The number of carbonyl (C=O) groups is 2. The van der Waals surface area contributed by atoms with Crippen LogP contribution in [0.2, 0.25) is 0 Å². The molecular weight excluding hydrogens is 218 g/mol. The number of likely N-dealkylation sites (tertiary alicyclic amines) is 2. The van der Waals surface area contributed by atoms with Gasteiger partial charge in [0.15, 0.2) is 0 Å². The van der Waals surface area contributed by atoms with E-state index in [1.807, 2.05) is 4.90 Å². The summed E-state index contributed by atoms with van der Waals surface area (Å²) in [4.78, 5) is 27.2. The molecule has 0 aromatic carbocycles. The summed E-state index contributed by atoms with van der Waals surface area (Å²) >= 11 is 0. The molecule has 3 rings (SSSR count). The van der Waals surface area contributed by atoms with Crippen LogP contribution in [0.1, 0.15) is 19.3 Å². The summed E-state index contributed by atoms with van der Waals surface area (Å²) in [5, 5.41) is 3.43. The lowest BCUT2D eigenvalue weighted by Gasteiger charge is -2.21. The Kier molecular flexibility index (Phi) is 2.78. The van der Waals surface area contributed by atoms with Crippen LogP contribution in [0.4, 0.5) is 0 Å². The standard InChI is InChI=1S/C12H19N3O2/c16-11-2-1-5-14(11)8-12(17)15-6-9-3-4-13-10(9)7-15/h9-10,13H,1-8H2/t9-,10+/m0/s1.